The second kappa shape index (κ2) is 6.55. The first kappa shape index (κ1) is 15.3. The van der Waals surface area contributed by atoms with Crippen LogP contribution >= 0.6 is 7.60 Å². The molecule has 6 heteroatoms. The van der Waals surface area contributed by atoms with E-state index in [1.807, 2.05) is 0 Å². The van der Waals surface area contributed by atoms with Crippen LogP contribution in [0, 0.1) is 0 Å². The highest BCUT2D eigenvalue weighted by molar-refractivity contribution is 7.53. The molecule has 0 aliphatic carbocycles. The molecule has 21 heavy (non-hydrogen) atoms. The van der Waals surface area contributed by atoms with Crippen LogP contribution in [0.25, 0.3) is 0 Å². The van der Waals surface area contributed by atoms with E-state index >= 15 is 0 Å². The van der Waals surface area contributed by atoms with Crippen molar-refractivity contribution in [2.24, 2.45) is 0 Å². The third-order valence-electron chi connectivity index (χ3n) is 2.67. The average Bonchev–Trinajstić information content (AvgIpc) is 2.47. The number of hydrogen-bond acceptors (Lipinski definition) is 5. The highest BCUT2D eigenvalue weighted by atomic mass is 31.2. The lowest BCUT2D eigenvalue weighted by Crippen LogP contribution is -2.01. The van der Waals surface area contributed by atoms with Crippen molar-refractivity contribution in [3.8, 4) is 23.0 Å². The molecule has 0 heterocycles. The fourth-order valence-electron chi connectivity index (χ4n) is 1.76. The van der Waals surface area contributed by atoms with Gasteiger partial charge in [0.1, 0.15) is 0 Å². The molecule has 2 aromatic carbocycles. The molecule has 2 rings (SSSR count). The second-order valence-corrected chi connectivity index (χ2v) is 6.16. The molecule has 0 aromatic heterocycles. The van der Waals surface area contributed by atoms with Gasteiger partial charge in [0.2, 0.25) is 0 Å². The van der Waals surface area contributed by atoms with Crippen LogP contribution in [0.4, 0.5) is 0 Å². The molecule has 0 atom stereocenters. The predicted octanol–water partition coefficient (Wildman–Crippen LogP) is 3.98. The molecule has 112 valence electrons. The maximum absolute atomic E-state index is 12.5. The maximum Gasteiger partial charge on any atom is 0.427 e. The van der Waals surface area contributed by atoms with Gasteiger partial charge in [0.25, 0.3) is 0 Å². The van der Waals surface area contributed by atoms with E-state index in [-0.39, 0.29) is 0 Å². The van der Waals surface area contributed by atoms with Crippen molar-refractivity contribution in [3.63, 3.8) is 0 Å². The summed E-state index contributed by atoms with van der Waals surface area (Å²) in [5, 5.41) is 0. The minimum atomic E-state index is -3.38. The Morgan fingerprint density at radius 1 is 0.714 bits per heavy atom. The van der Waals surface area contributed by atoms with Gasteiger partial charge in [-0.15, -0.1) is 0 Å². The third kappa shape index (κ3) is 3.92. The van der Waals surface area contributed by atoms with Crippen LogP contribution in [-0.4, -0.2) is 20.9 Å². The Morgan fingerprint density at radius 2 is 1.05 bits per heavy atom. The second-order valence-electron chi connectivity index (χ2n) is 4.26. The number of hydrogen-bond donors (Lipinski definition) is 0. The average molecular weight is 308 g/mol. The Bertz CT molecular complexity index is 603. The number of methoxy groups -OCH3 is 2. The van der Waals surface area contributed by atoms with Crippen molar-refractivity contribution in [3.05, 3.63) is 48.5 Å². The van der Waals surface area contributed by atoms with Crippen molar-refractivity contribution >= 4 is 7.60 Å². The van der Waals surface area contributed by atoms with Gasteiger partial charge in [0.05, 0.1) is 20.9 Å². The Morgan fingerprint density at radius 3 is 1.38 bits per heavy atom. The number of ether oxygens (including phenoxy) is 2. The first-order valence-electron chi connectivity index (χ1n) is 6.28. The zero-order valence-corrected chi connectivity index (χ0v) is 13.0. The van der Waals surface area contributed by atoms with E-state index in [0.29, 0.717) is 23.0 Å². The summed E-state index contributed by atoms with van der Waals surface area (Å²) in [7, 11) is -0.341. The van der Waals surface area contributed by atoms with Crippen molar-refractivity contribution in [2.75, 3.05) is 20.9 Å². The van der Waals surface area contributed by atoms with Crippen LogP contribution < -0.4 is 18.5 Å². The van der Waals surface area contributed by atoms with Gasteiger partial charge < -0.3 is 18.5 Å². The molecule has 5 nitrogen and oxygen atoms in total. The van der Waals surface area contributed by atoms with E-state index in [4.69, 9.17) is 18.5 Å². The Balaban J connectivity index is 2.20. The predicted molar refractivity (Wildman–Crippen MR) is 80.8 cm³/mol. The van der Waals surface area contributed by atoms with Crippen molar-refractivity contribution in [1.82, 2.24) is 0 Å². The normalized spacial score (nSPS) is 10.8. The Hall–Kier alpha value is -2.13. The van der Waals surface area contributed by atoms with Gasteiger partial charge in [-0.3, -0.25) is 0 Å². The number of para-hydroxylation sites is 4. The minimum absolute atomic E-state index is 0.362. The summed E-state index contributed by atoms with van der Waals surface area (Å²) in [6, 6.07) is 13.9. The topological polar surface area (TPSA) is 54.0 Å². The van der Waals surface area contributed by atoms with Crippen molar-refractivity contribution in [2.45, 2.75) is 0 Å². The van der Waals surface area contributed by atoms with E-state index in [1.165, 1.54) is 20.9 Å². The van der Waals surface area contributed by atoms with Gasteiger partial charge in [0, 0.05) is 0 Å². The lowest BCUT2D eigenvalue weighted by Gasteiger charge is -2.18. The molecule has 2 aromatic rings. The van der Waals surface area contributed by atoms with Crippen LogP contribution in [0.3, 0.4) is 0 Å². The molecular weight excluding hydrogens is 291 g/mol. The minimum Gasteiger partial charge on any atom is -0.493 e. The van der Waals surface area contributed by atoms with Gasteiger partial charge >= 0.3 is 7.60 Å². The molecule has 0 aliphatic rings. The molecule has 0 aliphatic heterocycles. The molecule has 0 saturated carbocycles. The van der Waals surface area contributed by atoms with E-state index in [9.17, 15) is 4.57 Å². The Labute approximate surface area is 124 Å². The maximum atomic E-state index is 12.5. The fourth-order valence-corrected chi connectivity index (χ4v) is 2.82. The molecule has 0 amide bonds. The third-order valence-corrected chi connectivity index (χ3v) is 3.72. The van der Waals surface area contributed by atoms with E-state index in [0.717, 1.165) is 0 Å². The highest BCUT2D eigenvalue weighted by Gasteiger charge is 2.23. The van der Waals surface area contributed by atoms with Crippen LogP contribution in [0.15, 0.2) is 48.5 Å². The monoisotopic (exact) mass is 308 g/mol. The van der Waals surface area contributed by atoms with Crippen LogP contribution in [-0.2, 0) is 4.57 Å². The highest BCUT2D eigenvalue weighted by Crippen LogP contribution is 2.49. The van der Waals surface area contributed by atoms with Gasteiger partial charge in [-0.2, -0.15) is 0 Å². The summed E-state index contributed by atoms with van der Waals surface area (Å²) in [4.78, 5) is 0. The Kier molecular flexibility index (Phi) is 4.76. The SMILES string of the molecule is COc1ccccc1OP(C)(=O)Oc1ccccc1OC. The van der Waals surface area contributed by atoms with Crippen molar-refractivity contribution in [1.29, 1.82) is 0 Å². The lowest BCUT2D eigenvalue weighted by atomic mass is 10.3. The summed E-state index contributed by atoms with van der Waals surface area (Å²) in [6.07, 6.45) is 0. The first-order valence-corrected chi connectivity index (χ1v) is 8.27. The van der Waals surface area contributed by atoms with E-state index in [1.54, 1.807) is 48.5 Å². The van der Waals surface area contributed by atoms with Crippen LogP contribution in [0.1, 0.15) is 0 Å². The summed E-state index contributed by atoms with van der Waals surface area (Å²) in [5.74, 6) is 1.70. The largest absolute Gasteiger partial charge is 0.493 e. The molecule has 0 fully saturated rings. The smallest absolute Gasteiger partial charge is 0.427 e. The molecule has 0 radical (unpaired) electrons. The molecule has 0 unspecified atom stereocenters. The fraction of sp³-hybridized carbons (Fsp3) is 0.200. The first-order chi connectivity index (χ1) is 10.1. The van der Waals surface area contributed by atoms with Crippen LogP contribution in [0.2, 0.25) is 0 Å². The summed E-state index contributed by atoms with van der Waals surface area (Å²) >= 11 is 0. The molecule has 0 N–H and O–H groups in total. The summed E-state index contributed by atoms with van der Waals surface area (Å²) < 4.78 is 33.8. The number of rotatable bonds is 6. The van der Waals surface area contributed by atoms with Crippen molar-refractivity contribution < 1.29 is 23.1 Å². The van der Waals surface area contributed by atoms with E-state index in [2.05, 4.69) is 0 Å². The zero-order valence-electron chi connectivity index (χ0n) is 12.1. The standard InChI is InChI=1S/C15H17O5P/c1-17-12-8-4-6-10-14(12)19-21(3,16)20-15-11-7-5-9-13(15)18-2/h4-11H,1-3H3. The van der Waals surface area contributed by atoms with Crippen LogP contribution in [0.5, 0.6) is 23.0 Å². The quantitative estimate of drug-likeness (QED) is 0.755. The van der Waals surface area contributed by atoms with Gasteiger partial charge in [-0.05, 0) is 24.3 Å². The molecule has 0 saturated heterocycles. The molecular formula is C15H17O5P. The molecule has 0 bridgehead atoms. The van der Waals surface area contributed by atoms with Gasteiger partial charge in [-0.25, -0.2) is 4.57 Å². The molecule has 0 spiro atoms. The summed E-state index contributed by atoms with van der Waals surface area (Å²) in [6.45, 7) is 1.39. The number of benzene rings is 2. The zero-order chi connectivity index (χ0) is 15.3. The van der Waals surface area contributed by atoms with E-state index < -0.39 is 7.60 Å². The lowest BCUT2D eigenvalue weighted by molar-refractivity contribution is 0.350. The summed E-state index contributed by atoms with van der Waals surface area (Å²) in [5.41, 5.74) is 0. The van der Waals surface area contributed by atoms with Gasteiger partial charge in [0.15, 0.2) is 23.0 Å². The van der Waals surface area contributed by atoms with Gasteiger partial charge in [-0.1, -0.05) is 24.3 Å².